The molecule has 0 aliphatic carbocycles. The summed E-state index contributed by atoms with van der Waals surface area (Å²) < 4.78 is 34.6. The number of rotatable bonds is 9. The number of methoxy groups -OCH3 is 1. The van der Waals surface area contributed by atoms with E-state index < -0.39 is 26.6 Å². The van der Waals surface area contributed by atoms with Gasteiger partial charge < -0.3 is 19.9 Å². The molecular formula is C26H30N4O8S. The van der Waals surface area contributed by atoms with Gasteiger partial charge >= 0.3 is 5.97 Å². The normalized spacial score (nSPS) is 15.9. The van der Waals surface area contributed by atoms with Crippen molar-refractivity contribution < 1.29 is 27.9 Å². The Kier molecular flexibility index (Phi) is 8.04. The third-order valence-corrected chi connectivity index (χ3v) is 8.97. The number of carbonyl (C=O) groups is 1. The third kappa shape index (κ3) is 5.51. The first-order chi connectivity index (χ1) is 18.4. The number of esters is 1. The SMILES string of the molecule is COC(=O)c1ccc(CCO[N+](=O)[O-])c(Cn2cc(C)c3c(S(=O)(=O)N4CC[C@H](N)C4)cccc3c2=O)c1C. The van der Waals surface area contributed by atoms with Crippen molar-refractivity contribution >= 4 is 26.8 Å². The zero-order valence-electron chi connectivity index (χ0n) is 21.9. The van der Waals surface area contributed by atoms with Crippen LogP contribution in [0.1, 0.15) is 39.0 Å². The fraction of sp³-hybridized carbons (Fsp3) is 0.385. The minimum atomic E-state index is -3.87. The molecule has 4 rings (SSSR count). The lowest BCUT2D eigenvalue weighted by Crippen LogP contribution is -2.32. The molecule has 3 aromatic rings. The second kappa shape index (κ2) is 11.1. The predicted octanol–water partition coefficient (Wildman–Crippen LogP) is 1.93. The fourth-order valence-electron chi connectivity index (χ4n) is 5.07. The molecule has 208 valence electrons. The lowest BCUT2D eigenvalue weighted by Gasteiger charge is -2.20. The minimum absolute atomic E-state index is 0.0397. The van der Waals surface area contributed by atoms with Crippen LogP contribution in [-0.2, 0) is 32.6 Å². The van der Waals surface area contributed by atoms with E-state index in [-0.39, 0.29) is 42.4 Å². The van der Waals surface area contributed by atoms with Crippen molar-refractivity contribution in [2.45, 2.75) is 44.2 Å². The van der Waals surface area contributed by atoms with Gasteiger partial charge in [-0.3, -0.25) is 4.79 Å². The van der Waals surface area contributed by atoms with Crippen LogP contribution in [-0.4, -0.2) is 61.2 Å². The molecule has 0 amide bonds. The highest BCUT2D eigenvalue weighted by molar-refractivity contribution is 7.89. The molecule has 13 heteroatoms. The quantitative estimate of drug-likeness (QED) is 0.235. The van der Waals surface area contributed by atoms with Crippen molar-refractivity contribution in [3.05, 3.63) is 84.8 Å². The van der Waals surface area contributed by atoms with Crippen LogP contribution in [0.2, 0.25) is 0 Å². The van der Waals surface area contributed by atoms with Crippen molar-refractivity contribution in [1.29, 1.82) is 0 Å². The topological polar surface area (TPSA) is 164 Å². The van der Waals surface area contributed by atoms with Gasteiger partial charge in [-0.15, -0.1) is 10.1 Å². The molecule has 0 radical (unpaired) electrons. The van der Waals surface area contributed by atoms with E-state index in [1.807, 2.05) is 0 Å². The summed E-state index contributed by atoms with van der Waals surface area (Å²) in [4.78, 5) is 41.2. The molecule has 1 atom stereocenters. The van der Waals surface area contributed by atoms with Gasteiger partial charge in [-0.1, -0.05) is 12.1 Å². The van der Waals surface area contributed by atoms with Crippen LogP contribution in [0, 0.1) is 24.0 Å². The van der Waals surface area contributed by atoms with Gasteiger partial charge in [0.05, 0.1) is 24.1 Å². The van der Waals surface area contributed by atoms with Crippen molar-refractivity contribution in [1.82, 2.24) is 8.87 Å². The van der Waals surface area contributed by atoms with Gasteiger partial charge in [0.15, 0.2) is 0 Å². The van der Waals surface area contributed by atoms with E-state index >= 15 is 0 Å². The van der Waals surface area contributed by atoms with Gasteiger partial charge in [-0.05, 0) is 67.1 Å². The molecule has 0 unspecified atom stereocenters. The third-order valence-electron chi connectivity index (χ3n) is 7.06. The lowest BCUT2D eigenvalue weighted by molar-refractivity contribution is -0.757. The van der Waals surface area contributed by atoms with Crippen molar-refractivity contribution in [3.8, 4) is 0 Å². The number of aromatic nitrogens is 1. The van der Waals surface area contributed by atoms with Crippen molar-refractivity contribution in [3.63, 3.8) is 0 Å². The summed E-state index contributed by atoms with van der Waals surface area (Å²) in [6, 6.07) is 7.61. The van der Waals surface area contributed by atoms with Gasteiger partial charge in [-0.2, -0.15) is 4.31 Å². The highest BCUT2D eigenvalue weighted by atomic mass is 32.2. The summed E-state index contributed by atoms with van der Waals surface area (Å²) in [5.41, 5.74) is 8.23. The molecule has 12 nitrogen and oxygen atoms in total. The highest BCUT2D eigenvalue weighted by Gasteiger charge is 2.32. The maximum Gasteiger partial charge on any atom is 0.338 e. The molecule has 1 aliphatic rings. The zero-order valence-corrected chi connectivity index (χ0v) is 22.7. The van der Waals surface area contributed by atoms with E-state index in [0.29, 0.717) is 46.2 Å². The Morgan fingerprint density at radius 3 is 2.62 bits per heavy atom. The van der Waals surface area contributed by atoms with Gasteiger partial charge in [0.25, 0.3) is 10.6 Å². The first-order valence-electron chi connectivity index (χ1n) is 12.3. The van der Waals surface area contributed by atoms with E-state index in [4.69, 9.17) is 10.5 Å². The molecule has 2 aromatic carbocycles. The number of fused-ring (bicyclic) bond motifs is 1. The van der Waals surface area contributed by atoms with Gasteiger partial charge in [-0.25, -0.2) is 13.2 Å². The number of carbonyl (C=O) groups excluding carboxylic acids is 1. The molecule has 1 saturated heterocycles. The van der Waals surface area contributed by atoms with Crippen LogP contribution in [0.25, 0.3) is 10.8 Å². The summed E-state index contributed by atoms with van der Waals surface area (Å²) >= 11 is 0. The fourth-order valence-corrected chi connectivity index (χ4v) is 6.86. The molecule has 1 aromatic heterocycles. The summed E-state index contributed by atoms with van der Waals surface area (Å²) in [6.45, 7) is 3.81. The van der Waals surface area contributed by atoms with E-state index in [2.05, 4.69) is 4.84 Å². The minimum Gasteiger partial charge on any atom is -0.465 e. The average Bonchev–Trinajstić information content (AvgIpc) is 3.35. The number of nitrogens with two attached hydrogens (primary N) is 1. The Labute approximate surface area is 225 Å². The first-order valence-corrected chi connectivity index (χ1v) is 13.7. The van der Waals surface area contributed by atoms with Crippen LogP contribution >= 0.6 is 0 Å². The Balaban J connectivity index is 1.82. The van der Waals surface area contributed by atoms with Crippen molar-refractivity contribution in [2.75, 3.05) is 26.8 Å². The Hall–Kier alpha value is -3.81. The predicted molar refractivity (Wildman–Crippen MR) is 143 cm³/mol. The molecule has 0 bridgehead atoms. The molecule has 1 fully saturated rings. The molecule has 0 saturated carbocycles. The molecular weight excluding hydrogens is 528 g/mol. The summed E-state index contributed by atoms with van der Waals surface area (Å²) in [5, 5.41) is 10.3. The number of hydrogen-bond acceptors (Lipinski definition) is 9. The van der Waals surface area contributed by atoms with E-state index in [1.54, 1.807) is 44.3 Å². The lowest BCUT2D eigenvalue weighted by atomic mass is 9.94. The molecule has 2 heterocycles. The Morgan fingerprint density at radius 2 is 1.97 bits per heavy atom. The number of pyridine rings is 1. The molecule has 0 spiro atoms. The summed E-state index contributed by atoms with van der Waals surface area (Å²) in [7, 11) is -2.61. The number of ether oxygens (including phenoxy) is 1. The smallest absolute Gasteiger partial charge is 0.338 e. The van der Waals surface area contributed by atoms with Crippen molar-refractivity contribution in [2.24, 2.45) is 5.73 Å². The second-order valence-electron chi connectivity index (χ2n) is 9.51. The number of aryl methyl sites for hydroxylation is 1. The highest BCUT2D eigenvalue weighted by Crippen LogP contribution is 2.29. The van der Waals surface area contributed by atoms with Crippen LogP contribution < -0.4 is 11.3 Å². The molecule has 1 aliphatic heterocycles. The molecule has 2 N–H and O–H groups in total. The zero-order chi connectivity index (χ0) is 28.5. The largest absolute Gasteiger partial charge is 0.465 e. The van der Waals surface area contributed by atoms with Crippen LogP contribution in [0.4, 0.5) is 0 Å². The van der Waals surface area contributed by atoms with Gasteiger partial charge in [0.2, 0.25) is 10.0 Å². The summed E-state index contributed by atoms with van der Waals surface area (Å²) in [6.07, 6.45) is 2.32. The number of nitrogens with zero attached hydrogens (tertiary/aromatic N) is 3. The van der Waals surface area contributed by atoms with E-state index in [0.717, 1.165) is 0 Å². The average molecular weight is 559 g/mol. The number of benzene rings is 2. The number of hydrogen-bond donors (Lipinski definition) is 1. The maximum atomic E-state index is 13.7. The Morgan fingerprint density at radius 1 is 1.23 bits per heavy atom. The number of sulfonamides is 1. The van der Waals surface area contributed by atoms with Gasteiger partial charge in [0.1, 0.15) is 6.61 Å². The van der Waals surface area contributed by atoms with E-state index in [9.17, 15) is 28.1 Å². The van der Waals surface area contributed by atoms with E-state index in [1.165, 1.54) is 22.0 Å². The first kappa shape index (κ1) is 28.2. The monoisotopic (exact) mass is 558 g/mol. The summed E-state index contributed by atoms with van der Waals surface area (Å²) in [5.74, 6) is -0.555. The molecule has 39 heavy (non-hydrogen) atoms. The van der Waals surface area contributed by atoms with Crippen LogP contribution in [0.3, 0.4) is 0 Å². The maximum absolute atomic E-state index is 13.7. The second-order valence-corrected chi connectivity index (χ2v) is 11.4. The Bertz CT molecular complexity index is 1620. The van der Waals surface area contributed by atoms with Gasteiger partial charge in [0, 0.05) is 36.1 Å². The standard InChI is InChI=1S/C26H30N4O8S/c1-16-13-28(15-22-17(2)20(26(32)37-3)8-7-18(22)10-12-38-30(33)34)25(31)21-5-4-6-23(24(16)21)39(35,36)29-11-9-19(27)14-29/h4-8,13,19H,9-12,14-15,27H2,1-3H3/t19-/m0/s1. The van der Waals surface area contributed by atoms with Crippen LogP contribution in [0.15, 0.2) is 46.2 Å². The van der Waals surface area contributed by atoms with Crippen LogP contribution in [0.5, 0.6) is 0 Å².